The summed E-state index contributed by atoms with van der Waals surface area (Å²) in [6.07, 6.45) is -1.70. The monoisotopic (exact) mass is 905 g/mol. The summed E-state index contributed by atoms with van der Waals surface area (Å²) in [6.45, 7) is 6.69. The molecular formula is C36H63N11O16. The van der Waals surface area contributed by atoms with E-state index in [9.17, 15) is 73.2 Å². The van der Waals surface area contributed by atoms with Gasteiger partial charge in [-0.25, -0.2) is 0 Å². The zero-order valence-corrected chi connectivity index (χ0v) is 36.3. The number of amides is 10. The molecule has 0 spiro atoms. The first kappa shape index (κ1) is 57.0. The molecular weight excluding hydrogens is 842 g/mol. The first-order valence-electron chi connectivity index (χ1n) is 19.7. The van der Waals surface area contributed by atoms with Gasteiger partial charge >= 0.3 is 5.97 Å². The Morgan fingerprint density at radius 3 is 1.19 bits per heavy atom. The van der Waals surface area contributed by atoms with Gasteiger partial charge in [-0.2, -0.15) is 0 Å². The van der Waals surface area contributed by atoms with Crippen molar-refractivity contribution in [1.29, 1.82) is 0 Å². The Labute approximate surface area is 362 Å². The fourth-order valence-corrected chi connectivity index (χ4v) is 4.99. The number of aliphatic hydroxyl groups is 4. The number of rotatable bonds is 27. The Balaban J connectivity index is 5.48. The van der Waals surface area contributed by atoms with E-state index in [1.807, 2.05) is 5.32 Å². The average molecular weight is 906 g/mol. The van der Waals surface area contributed by atoms with Gasteiger partial charge in [-0.15, -0.1) is 0 Å². The van der Waals surface area contributed by atoms with Gasteiger partial charge in [-0.05, 0) is 39.5 Å². The van der Waals surface area contributed by atoms with E-state index >= 15 is 0 Å². The highest BCUT2D eigenvalue weighted by Gasteiger charge is 2.35. The maximum atomic E-state index is 13.1. The van der Waals surface area contributed by atoms with Crippen LogP contribution < -0.4 is 58.9 Å². The molecule has 0 aromatic heterocycles. The third-order valence-corrected chi connectivity index (χ3v) is 8.78. The lowest BCUT2D eigenvalue weighted by molar-refractivity contribution is -0.139. The van der Waals surface area contributed by atoms with Crippen LogP contribution in [0.25, 0.3) is 0 Å². The molecule has 0 saturated heterocycles. The molecule has 0 heterocycles. The molecule has 0 saturated carbocycles. The molecule has 0 fully saturated rings. The van der Waals surface area contributed by atoms with E-state index in [4.69, 9.17) is 10.8 Å². The van der Waals surface area contributed by atoms with E-state index in [0.717, 1.165) is 6.92 Å². The number of aliphatic carboxylic acids is 1. The highest BCUT2D eigenvalue weighted by atomic mass is 16.4. The molecule has 0 rings (SSSR count). The second kappa shape index (κ2) is 27.8. The van der Waals surface area contributed by atoms with Crippen molar-refractivity contribution in [2.24, 2.45) is 17.6 Å². The van der Waals surface area contributed by atoms with E-state index in [-0.39, 0.29) is 0 Å². The van der Waals surface area contributed by atoms with E-state index in [1.54, 1.807) is 27.7 Å². The highest BCUT2D eigenvalue weighted by molar-refractivity contribution is 5.98. The Morgan fingerprint density at radius 2 is 0.778 bits per heavy atom. The third kappa shape index (κ3) is 20.1. The van der Waals surface area contributed by atoms with E-state index < -0.39 is 170 Å². The summed E-state index contributed by atoms with van der Waals surface area (Å²) in [5, 5.41) is 70.6. The lowest BCUT2D eigenvalue weighted by atomic mass is 10.0. The number of carbonyl (C=O) groups is 11. The molecule has 0 radical (unpaired) electrons. The molecule has 0 aromatic rings. The maximum Gasteiger partial charge on any atom is 0.322 e. The van der Waals surface area contributed by atoms with Crippen LogP contribution >= 0.6 is 0 Å². The van der Waals surface area contributed by atoms with Crippen molar-refractivity contribution in [2.75, 3.05) is 32.9 Å². The lowest BCUT2D eigenvalue weighted by Crippen LogP contribution is -2.62. The number of aliphatic hydroxyl groups excluding tert-OH is 4. The molecule has 27 nitrogen and oxygen atoms in total. The summed E-state index contributed by atoms with van der Waals surface area (Å²) in [4.78, 5) is 138. The van der Waals surface area contributed by atoms with Crippen molar-refractivity contribution in [3.63, 3.8) is 0 Å². The summed E-state index contributed by atoms with van der Waals surface area (Å²) in [6, 6.07) is -13.1. The van der Waals surface area contributed by atoms with Gasteiger partial charge in [0, 0.05) is 0 Å². The Kier molecular flexibility index (Phi) is 25.2. The zero-order valence-electron chi connectivity index (χ0n) is 36.3. The van der Waals surface area contributed by atoms with Crippen LogP contribution in [0.3, 0.4) is 0 Å². The zero-order chi connectivity index (χ0) is 48.9. The number of carbonyl (C=O) groups excluding carboxylic acids is 10. The van der Waals surface area contributed by atoms with Crippen molar-refractivity contribution in [3.8, 4) is 0 Å². The van der Waals surface area contributed by atoms with Crippen LogP contribution in [0.1, 0.15) is 55.4 Å². The normalized spacial score (nSPS) is 15.8. The van der Waals surface area contributed by atoms with Gasteiger partial charge in [0.15, 0.2) is 0 Å². The van der Waals surface area contributed by atoms with Crippen LogP contribution in [0.15, 0.2) is 0 Å². The van der Waals surface area contributed by atoms with Crippen molar-refractivity contribution < 1.29 is 78.3 Å². The number of nitrogens with two attached hydrogens (primary N) is 1. The van der Waals surface area contributed by atoms with Crippen molar-refractivity contribution >= 4 is 65.0 Å². The molecule has 0 aliphatic heterocycles. The smallest absolute Gasteiger partial charge is 0.322 e. The topological polar surface area (TPSA) is 435 Å². The van der Waals surface area contributed by atoms with Crippen LogP contribution in [0.5, 0.6) is 0 Å². The number of carboxylic acids is 1. The fraction of sp³-hybridized carbons (Fsp3) is 0.694. The van der Waals surface area contributed by atoms with Crippen LogP contribution in [0.2, 0.25) is 0 Å². The highest BCUT2D eigenvalue weighted by Crippen LogP contribution is 2.04. The van der Waals surface area contributed by atoms with Crippen LogP contribution in [0, 0.1) is 11.8 Å². The molecule has 0 aromatic carbocycles. The standard InChI is InChI=1S/C36H63N11O16/c1-14(2)25(45-28(55)16(5)37)34(61)38-9-23(52)42-20(11-48)32(59)43-22(13-50)33(60)47-27(19(8)51)36(63)44-21(12-49)31(58)41-17(6)29(56)40-18(7)30(57)46-26(15(3)4)35(62)39-10-24(53)54/h14-22,25-27,48-51H,9-13,37H2,1-8H3,(H,38,61)(H,39,62)(H,40,56)(H,41,58)(H,42,52)(H,43,59)(H,44,63)(H,45,55)(H,46,57)(H,47,60)(H,53,54)/t16-,17-,18-,19+,20-,21-,22-,25-,26-,27-/m0/s1. The second-order valence-electron chi connectivity index (χ2n) is 15.1. The summed E-state index contributed by atoms with van der Waals surface area (Å²) < 4.78 is 0. The largest absolute Gasteiger partial charge is 0.480 e. The predicted molar refractivity (Wildman–Crippen MR) is 217 cm³/mol. The Morgan fingerprint density at radius 1 is 0.429 bits per heavy atom. The van der Waals surface area contributed by atoms with Crippen molar-refractivity contribution in [3.05, 3.63) is 0 Å². The minimum absolute atomic E-state index is 0.416. The van der Waals surface area contributed by atoms with Crippen LogP contribution in [-0.4, -0.2) is 184 Å². The molecule has 17 N–H and O–H groups in total. The van der Waals surface area contributed by atoms with E-state index in [1.165, 1.54) is 20.8 Å². The number of nitrogens with one attached hydrogen (secondary N) is 10. The Bertz CT molecular complexity index is 1640. The predicted octanol–water partition coefficient (Wildman–Crippen LogP) is -8.76. The lowest BCUT2D eigenvalue weighted by Gasteiger charge is -2.27. The van der Waals surface area contributed by atoms with Crippen LogP contribution in [-0.2, 0) is 52.7 Å². The molecule has 0 bridgehead atoms. The van der Waals surface area contributed by atoms with Gasteiger partial charge in [0.2, 0.25) is 59.1 Å². The maximum absolute atomic E-state index is 13.1. The molecule has 27 heteroatoms. The van der Waals surface area contributed by atoms with Crippen molar-refractivity contribution in [2.45, 2.75) is 116 Å². The molecule has 0 aliphatic carbocycles. The summed E-state index contributed by atoms with van der Waals surface area (Å²) in [5.74, 6) is -12.0. The van der Waals surface area contributed by atoms with Gasteiger partial charge < -0.3 is 84.4 Å². The van der Waals surface area contributed by atoms with Gasteiger partial charge in [0.05, 0.1) is 38.5 Å². The molecule has 358 valence electrons. The third-order valence-electron chi connectivity index (χ3n) is 8.78. The summed E-state index contributed by atoms with van der Waals surface area (Å²) in [7, 11) is 0. The van der Waals surface area contributed by atoms with E-state index in [0.29, 0.717) is 0 Å². The minimum atomic E-state index is -1.89. The van der Waals surface area contributed by atoms with Crippen LogP contribution in [0.4, 0.5) is 0 Å². The fourth-order valence-electron chi connectivity index (χ4n) is 4.99. The first-order chi connectivity index (χ1) is 29.2. The number of hydrogen-bond donors (Lipinski definition) is 16. The summed E-state index contributed by atoms with van der Waals surface area (Å²) in [5.41, 5.74) is 5.52. The molecule has 0 unspecified atom stereocenters. The number of hydrogen-bond acceptors (Lipinski definition) is 16. The second-order valence-corrected chi connectivity index (χ2v) is 15.1. The van der Waals surface area contributed by atoms with Gasteiger partial charge in [0.1, 0.15) is 54.9 Å². The average Bonchev–Trinajstić information content (AvgIpc) is 3.20. The van der Waals surface area contributed by atoms with Crippen molar-refractivity contribution in [1.82, 2.24) is 53.2 Å². The minimum Gasteiger partial charge on any atom is -0.480 e. The molecule has 63 heavy (non-hydrogen) atoms. The number of carboxylic acid groups (broad SMARTS) is 1. The molecule has 10 amide bonds. The van der Waals surface area contributed by atoms with Gasteiger partial charge in [-0.1, -0.05) is 27.7 Å². The Hall–Kier alpha value is -6.03. The molecule has 10 atom stereocenters. The van der Waals surface area contributed by atoms with Gasteiger partial charge in [-0.3, -0.25) is 52.7 Å². The molecule has 0 aliphatic rings. The van der Waals surface area contributed by atoms with Gasteiger partial charge in [0.25, 0.3) is 0 Å². The first-order valence-corrected chi connectivity index (χ1v) is 19.7. The van der Waals surface area contributed by atoms with E-state index in [2.05, 4.69) is 47.9 Å². The quantitative estimate of drug-likeness (QED) is 0.0364. The summed E-state index contributed by atoms with van der Waals surface area (Å²) >= 11 is 0. The SMILES string of the molecule is CC(C)[C@H](NC(=O)[C@H](C)N)C(=O)NCC(=O)N[C@@H](CO)C(=O)N[C@@H](CO)C(=O)N[C@H](C(=O)N[C@@H](CO)C(=O)N[C@@H](C)C(=O)N[C@@H](C)C(=O)N[C@H](C(=O)NCC(=O)O)C(C)C)[C@@H](C)O.